The molecule has 0 aliphatic carbocycles. The number of aromatic nitrogens is 3. The van der Waals surface area contributed by atoms with Crippen LogP contribution in [0.25, 0.3) is 16.9 Å². The Morgan fingerprint density at radius 3 is 2.56 bits per heavy atom. The van der Waals surface area contributed by atoms with Gasteiger partial charge in [-0.15, -0.1) is 0 Å². The van der Waals surface area contributed by atoms with Crippen LogP contribution < -0.4 is 5.56 Å². The zero-order valence-corrected chi connectivity index (χ0v) is 14.3. The molecule has 3 rings (SSSR count). The Morgan fingerprint density at radius 2 is 2.00 bits per heavy atom. The summed E-state index contributed by atoms with van der Waals surface area (Å²) >= 11 is 0. The van der Waals surface area contributed by atoms with E-state index in [9.17, 15) is 14.9 Å². The minimum atomic E-state index is -0.217. The first-order chi connectivity index (χ1) is 12.0. The van der Waals surface area contributed by atoms with Gasteiger partial charge in [-0.05, 0) is 5.92 Å². The SMILES string of the molecule is CCC(=O)c1ccc(-c2nc3c(C#N)c[nH]n3c(=O)c2C(C)C)cc1. The Balaban J connectivity index is 2.27. The molecule has 0 aliphatic heterocycles. The summed E-state index contributed by atoms with van der Waals surface area (Å²) in [6.45, 7) is 5.67. The number of ketones is 1. The van der Waals surface area contributed by atoms with Crippen LogP contribution in [0.4, 0.5) is 0 Å². The Kier molecular flexibility index (Phi) is 4.24. The zero-order valence-electron chi connectivity index (χ0n) is 14.3. The fourth-order valence-electron chi connectivity index (χ4n) is 2.87. The lowest BCUT2D eigenvalue weighted by Gasteiger charge is -2.12. The molecule has 2 aromatic heterocycles. The van der Waals surface area contributed by atoms with Gasteiger partial charge in [0.2, 0.25) is 0 Å². The van der Waals surface area contributed by atoms with E-state index >= 15 is 0 Å². The van der Waals surface area contributed by atoms with E-state index in [0.29, 0.717) is 34.5 Å². The van der Waals surface area contributed by atoms with Gasteiger partial charge in [-0.25, -0.2) is 9.50 Å². The number of rotatable bonds is 4. The van der Waals surface area contributed by atoms with Crippen LogP contribution >= 0.6 is 0 Å². The molecule has 0 radical (unpaired) electrons. The molecule has 0 aliphatic rings. The van der Waals surface area contributed by atoms with Crippen molar-refractivity contribution < 1.29 is 4.79 Å². The van der Waals surface area contributed by atoms with Gasteiger partial charge in [0.1, 0.15) is 11.6 Å². The zero-order chi connectivity index (χ0) is 18.1. The number of carbonyl (C=O) groups excluding carboxylic acids is 1. The first-order valence-electron chi connectivity index (χ1n) is 8.15. The molecule has 0 atom stereocenters. The number of carbonyl (C=O) groups is 1. The second-order valence-corrected chi connectivity index (χ2v) is 6.15. The van der Waals surface area contributed by atoms with Crippen molar-refractivity contribution in [1.82, 2.24) is 14.6 Å². The Morgan fingerprint density at radius 1 is 1.32 bits per heavy atom. The van der Waals surface area contributed by atoms with Crippen LogP contribution in [0.5, 0.6) is 0 Å². The molecule has 0 bridgehead atoms. The van der Waals surface area contributed by atoms with E-state index in [4.69, 9.17) is 0 Å². The predicted octanol–water partition coefficient (Wildman–Crippen LogP) is 3.28. The lowest BCUT2D eigenvalue weighted by molar-refractivity contribution is 0.0988. The number of nitrogens with one attached hydrogen (secondary N) is 1. The third kappa shape index (κ3) is 2.74. The molecule has 0 saturated carbocycles. The van der Waals surface area contributed by atoms with Crippen LogP contribution in [0.2, 0.25) is 0 Å². The van der Waals surface area contributed by atoms with Gasteiger partial charge in [-0.3, -0.25) is 14.7 Å². The minimum Gasteiger partial charge on any atom is -0.295 e. The standard InChI is InChI=1S/C19H18N4O2/c1-4-15(24)12-5-7-13(8-6-12)17-16(11(2)3)19(25)23-18(22-17)14(9-20)10-21-23/h5-8,10-11,21H,4H2,1-3H3. The number of nitriles is 1. The van der Waals surface area contributed by atoms with Crippen molar-refractivity contribution in [2.75, 3.05) is 0 Å². The summed E-state index contributed by atoms with van der Waals surface area (Å²) in [4.78, 5) is 29.2. The molecule has 0 unspecified atom stereocenters. The molecule has 0 spiro atoms. The van der Waals surface area contributed by atoms with Crippen molar-refractivity contribution in [3.05, 3.63) is 57.5 Å². The van der Waals surface area contributed by atoms with E-state index in [1.807, 2.05) is 26.8 Å². The fourth-order valence-corrected chi connectivity index (χ4v) is 2.87. The number of Topliss-reactive ketones (excluding diaryl/α,β-unsaturated/α-hetero) is 1. The molecule has 0 amide bonds. The smallest absolute Gasteiger partial charge is 0.276 e. The number of fused-ring (bicyclic) bond motifs is 1. The minimum absolute atomic E-state index is 0.0438. The summed E-state index contributed by atoms with van der Waals surface area (Å²) in [5, 5.41) is 12.0. The molecular formula is C19H18N4O2. The van der Waals surface area contributed by atoms with E-state index in [1.54, 1.807) is 24.3 Å². The molecule has 0 saturated heterocycles. The van der Waals surface area contributed by atoms with Crippen molar-refractivity contribution in [2.24, 2.45) is 0 Å². The quantitative estimate of drug-likeness (QED) is 0.741. The van der Waals surface area contributed by atoms with Gasteiger partial charge in [0.15, 0.2) is 11.4 Å². The van der Waals surface area contributed by atoms with Crippen molar-refractivity contribution in [3.63, 3.8) is 0 Å². The summed E-state index contributed by atoms with van der Waals surface area (Å²) in [5.41, 5.74) is 2.90. The molecule has 126 valence electrons. The van der Waals surface area contributed by atoms with Crippen molar-refractivity contribution >= 4 is 11.4 Å². The number of nitrogens with zero attached hydrogens (tertiary/aromatic N) is 3. The molecule has 0 fully saturated rings. The molecule has 25 heavy (non-hydrogen) atoms. The molecule has 3 aromatic rings. The maximum atomic E-state index is 12.8. The second-order valence-electron chi connectivity index (χ2n) is 6.15. The first kappa shape index (κ1) is 16.7. The van der Waals surface area contributed by atoms with E-state index in [0.717, 1.165) is 5.56 Å². The lowest BCUT2D eigenvalue weighted by Crippen LogP contribution is -2.22. The number of hydrogen-bond donors (Lipinski definition) is 1. The number of hydrogen-bond acceptors (Lipinski definition) is 4. The fraction of sp³-hybridized carbons (Fsp3) is 0.263. The number of H-pyrrole nitrogens is 1. The van der Waals surface area contributed by atoms with Crippen LogP contribution in [0.1, 0.15) is 54.6 Å². The maximum absolute atomic E-state index is 12.8. The normalized spacial score (nSPS) is 11.0. The highest BCUT2D eigenvalue weighted by atomic mass is 16.1. The van der Waals surface area contributed by atoms with E-state index in [1.165, 1.54) is 10.7 Å². The van der Waals surface area contributed by atoms with Crippen molar-refractivity contribution in [2.45, 2.75) is 33.1 Å². The van der Waals surface area contributed by atoms with Gasteiger partial charge in [0.05, 0.1) is 5.69 Å². The van der Waals surface area contributed by atoms with Gasteiger partial charge in [-0.1, -0.05) is 45.0 Å². The Hall–Kier alpha value is -3.20. The van der Waals surface area contributed by atoms with Gasteiger partial charge < -0.3 is 0 Å². The topological polar surface area (TPSA) is 91.0 Å². The van der Waals surface area contributed by atoms with Gasteiger partial charge in [0.25, 0.3) is 5.56 Å². The average Bonchev–Trinajstić information content (AvgIpc) is 3.04. The van der Waals surface area contributed by atoms with Gasteiger partial charge in [-0.2, -0.15) is 5.26 Å². The third-order valence-corrected chi connectivity index (χ3v) is 4.20. The number of aromatic amines is 1. The first-order valence-corrected chi connectivity index (χ1v) is 8.15. The van der Waals surface area contributed by atoms with Crippen LogP contribution in [-0.4, -0.2) is 20.4 Å². The highest BCUT2D eigenvalue weighted by Gasteiger charge is 2.20. The number of benzene rings is 1. The Labute approximate surface area is 144 Å². The van der Waals surface area contributed by atoms with Crippen molar-refractivity contribution in [3.8, 4) is 17.3 Å². The molecule has 1 N–H and O–H groups in total. The van der Waals surface area contributed by atoms with Crippen LogP contribution in [-0.2, 0) is 0 Å². The lowest BCUT2D eigenvalue weighted by atomic mass is 9.97. The monoisotopic (exact) mass is 334 g/mol. The van der Waals surface area contributed by atoms with Crippen LogP contribution in [0.15, 0.2) is 35.3 Å². The largest absolute Gasteiger partial charge is 0.295 e. The Bertz CT molecular complexity index is 1050. The van der Waals surface area contributed by atoms with E-state index in [-0.39, 0.29) is 17.3 Å². The molecular weight excluding hydrogens is 316 g/mol. The molecule has 1 aromatic carbocycles. The molecule has 2 heterocycles. The highest BCUT2D eigenvalue weighted by molar-refractivity contribution is 5.96. The summed E-state index contributed by atoms with van der Waals surface area (Å²) in [5.74, 6) is 0.0224. The van der Waals surface area contributed by atoms with E-state index < -0.39 is 0 Å². The second kappa shape index (κ2) is 6.36. The van der Waals surface area contributed by atoms with Crippen LogP contribution in [0.3, 0.4) is 0 Å². The summed E-state index contributed by atoms with van der Waals surface area (Å²) < 4.78 is 1.30. The predicted molar refractivity (Wildman–Crippen MR) is 94.7 cm³/mol. The summed E-state index contributed by atoms with van der Waals surface area (Å²) in [6.07, 6.45) is 1.91. The molecule has 6 nitrogen and oxygen atoms in total. The summed E-state index contributed by atoms with van der Waals surface area (Å²) in [6, 6.07) is 9.13. The summed E-state index contributed by atoms with van der Waals surface area (Å²) in [7, 11) is 0. The maximum Gasteiger partial charge on any atom is 0.276 e. The van der Waals surface area contributed by atoms with Crippen LogP contribution in [0, 0.1) is 11.3 Å². The highest BCUT2D eigenvalue weighted by Crippen LogP contribution is 2.26. The van der Waals surface area contributed by atoms with E-state index in [2.05, 4.69) is 10.1 Å². The van der Waals surface area contributed by atoms with Gasteiger partial charge >= 0.3 is 0 Å². The third-order valence-electron chi connectivity index (χ3n) is 4.20. The molecule has 6 heteroatoms. The van der Waals surface area contributed by atoms with Gasteiger partial charge in [0, 0.05) is 29.3 Å². The average molecular weight is 334 g/mol. The van der Waals surface area contributed by atoms with Crippen molar-refractivity contribution in [1.29, 1.82) is 5.26 Å².